The van der Waals surface area contributed by atoms with Crippen LogP contribution < -0.4 is 5.73 Å². The summed E-state index contributed by atoms with van der Waals surface area (Å²) in [7, 11) is 0. The number of nitrogens with two attached hydrogens (primary N) is 1. The summed E-state index contributed by atoms with van der Waals surface area (Å²) >= 11 is 1.03. The third kappa shape index (κ3) is 3.13. The standard InChI is InChI=1S/C9H8N2S/c10-9(11)12-7-6-8-4-2-1-3-5-8/h1-5H,(H3,10,11). The van der Waals surface area contributed by atoms with E-state index in [2.05, 4.69) is 11.2 Å². The predicted molar refractivity (Wildman–Crippen MR) is 52.8 cm³/mol. The Kier molecular flexibility index (Phi) is 3.24. The highest BCUT2D eigenvalue weighted by Crippen LogP contribution is 1.98. The number of hydrogen-bond donors (Lipinski definition) is 2. The topological polar surface area (TPSA) is 49.9 Å². The van der Waals surface area contributed by atoms with Gasteiger partial charge in [-0.05, 0) is 29.1 Å². The lowest BCUT2D eigenvalue weighted by Crippen LogP contribution is -2.01. The number of amidine groups is 1. The van der Waals surface area contributed by atoms with Gasteiger partial charge in [-0.25, -0.2) is 0 Å². The van der Waals surface area contributed by atoms with Gasteiger partial charge in [-0.2, -0.15) is 0 Å². The molecule has 12 heavy (non-hydrogen) atoms. The molecule has 0 aliphatic carbocycles. The van der Waals surface area contributed by atoms with Crippen molar-refractivity contribution < 1.29 is 0 Å². The maximum Gasteiger partial charge on any atom is 0.163 e. The van der Waals surface area contributed by atoms with E-state index >= 15 is 0 Å². The predicted octanol–water partition coefficient (Wildman–Crippen LogP) is 1.62. The third-order valence-electron chi connectivity index (χ3n) is 1.13. The van der Waals surface area contributed by atoms with E-state index in [9.17, 15) is 0 Å². The van der Waals surface area contributed by atoms with Crippen LogP contribution in [-0.4, -0.2) is 5.17 Å². The van der Waals surface area contributed by atoms with Crippen molar-refractivity contribution in [1.82, 2.24) is 0 Å². The summed E-state index contributed by atoms with van der Waals surface area (Å²) in [5.74, 6) is 2.87. The molecular formula is C9H8N2S. The van der Waals surface area contributed by atoms with E-state index in [1.807, 2.05) is 30.3 Å². The van der Waals surface area contributed by atoms with Gasteiger partial charge in [-0.15, -0.1) is 0 Å². The summed E-state index contributed by atoms with van der Waals surface area (Å²) in [6, 6.07) is 9.59. The molecule has 0 amide bonds. The highest BCUT2D eigenvalue weighted by atomic mass is 32.2. The van der Waals surface area contributed by atoms with Gasteiger partial charge in [0.05, 0.1) is 0 Å². The van der Waals surface area contributed by atoms with E-state index in [0.29, 0.717) is 0 Å². The molecule has 2 nitrogen and oxygen atoms in total. The molecule has 0 saturated carbocycles. The Morgan fingerprint density at radius 1 is 1.33 bits per heavy atom. The Balaban J connectivity index is 2.61. The molecule has 0 aromatic heterocycles. The SMILES string of the molecule is N=C(N)SC#Cc1ccccc1. The molecular weight excluding hydrogens is 168 g/mol. The van der Waals surface area contributed by atoms with Crippen molar-refractivity contribution in [2.45, 2.75) is 0 Å². The van der Waals surface area contributed by atoms with Crippen LogP contribution in [0.5, 0.6) is 0 Å². The van der Waals surface area contributed by atoms with E-state index in [1.54, 1.807) is 0 Å². The van der Waals surface area contributed by atoms with Crippen LogP contribution in [0.3, 0.4) is 0 Å². The number of benzene rings is 1. The fourth-order valence-electron chi connectivity index (χ4n) is 0.661. The Labute approximate surface area is 75.7 Å². The van der Waals surface area contributed by atoms with Crippen LogP contribution in [0, 0.1) is 16.6 Å². The summed E-state index contributed by atoms with van der Waals surface area (Å²) in [6.45, 7) is 0. The molecule has 0 fully saturated rings. The molecule has 3 heteroatoms. The van der Waals surface area contributed by atoms with Crippen LogP contribution in [0.25, 0.3) is 0 Å². The Morgan fingerprint density at radius 2 is 2.00 bits per heavy atom. The van der Waals surface area contributed by atoms with Gasteiger partial charge >= 0.3 is 0 Å². The minimum absolute atomic E-state index is 0.0263. The summed E-state index contributed by atoms with van der Waals surface area (Å²) in [4.78, 5) is 0. The lowest BCUT2D eigenvalue weighted by molar-refractivity contribution is 1.51. The van der Waals surface area contributed by atoms with E-state index in [1.165, 1.54) is 0 Å². The highest BCUT2D eigenvalue weighted by molar-refractivity contribution is 8.17. The molecule has 0 heterocycles. The Bertz CT molecular complexity index is 321. The zero-order valence-electron chi connectivity index (χ0n) is 6.37. The lowest BCUT2D eigenvalue weighted by Gasteiger charge is -1.86. The monoisotopic (exact) mass is 176 g/mol. The minimum Gasteiger partial charge on any atom is -0.378 e. The summed E-state index contributed by atoms with van der Waals surface area (Å²) in [5, 5.41) is 9.64. The molecule has 1 rings (SSSR count). The first-order valence-electron chi connectivity index (χ1n) is 3.36. The van der Waals surface area contributed by atoms with Crippen molar-refractivity contribution in [3.63, 3.8) is 0 Å². The van der Waals surface area contributed by atoms with Crippen molar-refractivity contribution in [1.29, 1.82) is 5.41 Å². The second kappa shape index (κ2) is 4.47. The second-order valence-corrected chi connectivity index (χ2v) is 2.91. The number of thioether (sulfide) groups is 1. The van der Waals surface area contributed by atoms with Gasteiger partial charge in [0.1, 0.15) is 0 Å². The summed E-state index contributed by atoms with van der Waals surface area (Å²) < 4.78 is 0. The van der Waals surface area contributed by atoms with Gasteiger partial charge < -0.3 is 5.73 Å². The van der Waals surface area contributed by atoms with Gasteiger partial charge in [-0.1, -0.05) is 24.1 Å². The van der Waals surface area contributed by atoms with Crippen molar-refractivity contribution in [3.05, 3.63) is 35.9 Å². The fourth-order valence-corrected chi connectivity index (χ4v) is 0.940. The van der Waals surface area contributed by atoms with Crippen molar-refractivity contribution in [2.24, 2.45) is 5.73 Å². The molecule has 0 saturated heterocycles. The first kappa shape index (κ1) is 8.69. The van der Waals surface area contributed by atoms with Crippen LogP contribution in [0.4, 0.5) is 0 Å². The molecule has 60 valence electrons. The minimum atomic E-state index is 0.0263. The first-order chi connectivity index (χ1) is 5.79. The Morgan fingerprint density at radius 3 is 2.58 bits per heavy atom. The van der Waals surface area contributed by atoms with E-state index in [-0.39, 0.29) is 5.17 Å². The Hall–Kier alpha value is -1.40. The van der Waals surface area contributed by atoms with Crippen LogP contribution in [0.15, 0.2) is 30.3 Å². The highest BCUT2D eigenvalue weighted by Gasteiger charge is 1.83. The second-order valence-electron chi connectivity index (χ2n) is 2.06. The van der Waals surface area contributed by atoms with Crippen molar-refractivity contribution in [2.75, 3.05) is 0 Å². The molecule has 1 aromatic rings. The maximum atomic E-state index is 6.90. The van der Waals surface area contributed by atoms with Crippen LogP contribution >= 0.6 is 11.8 Å². The molecule has 0 aliphatic rings. The van der Waals surface area contributed by atoms with Gasteiger partial charge in [0.15, 0.2) is 5.17 Å². The largest absolute Gasteiger partial charge is 0.378 e. The van der Waals surface area contributed by atoms with Crippen LogP contribution in [0.1, 0.15) is 5.56 Å². The van der Waals surface area contributed by atoms with Gasteiger partial charge in [0, 0.05) is 5.56 Å². The quantitative estimate of drug-likeness (QED) is 0.358. The molecule has 0 bridgehead atoms. The first-order valence-corrected chi connectivity index (χ1v) is 4.17. The molecule has 3 N–H and O–H groups in total. The van der Waals surface area contributed by atoms with E-state index in [0.717, 1.165) is 17.3 Å². The van der Waals surface area contributed by atoms with E-state index in [4.69, 9.17) is 11.1 Å². The number of rotatable bonds is 0. The van der Waals surface area contributed by atoms with Crippen LogP contribution in [-0.2, 0) is 0 Å². The average Bonchev–Trinajstić information content (AvgIpc) is 2.05. The van der Waals surface area contributed by atoms with Gasteiger partial charge in [-0.3, -0.25) is 5.41 Å². The molecule has 0 radical (unpaired) electrons. The van der Waals surface area contributed by atoms with Crippen molar-refractivity contribution >= 4 is 16.9 Å². The molecule has 0 atom stereocenters. The van der Waals surface area contributed by atoms with Crippen LogP contribution in [0.2, 0.25) is 0 Å². The average molecular weight is 176 g/mol. The molecule has 0 aliphatic heterocycles. The van der Waals surface area contributed by atoms with E-state index < -0.39 is 0 Å². The smallest absolute Gasteiger partial charge is 0.163 e. The van der Waals surface area contributed by atoms with Crippen molar-refractivity contribution in [3.8, 4) is 11.2 Å². The summed E-state index contributed by atoms with van der Waals surface area (Å²) in [5.41, 5.74) is 6.04. The molecule has 0 spiro atoms. The normalized spacial score (nSPS) is 8.33. The number of nitrogens with one attached hydrogen (secondary N) is 1. The fraction of sp³-hybridized carbons (Fsp3) is 0. The lowest BCUT2D eigenvalue weighted by atomic mass is 10.2. The zero-order chi connectivity index (χ0) is 8.81. The molecule has 0 unspecified atom stereocenters. The third-order valence-corrected chi connectivity index (χ3v) is 1.55. The molecule has 1 aromatic carbocycles. The van der Waals surface area contributed by atoms with Gasteiger partial charge in [0.2, 0.25) is 0 Å². The number of hydrogen-bond acceptors (Lipinski definition) is 2. The van der Waals surface area contributed by atoms with Gasteiger partial charge in [0.25, 0.3) is 0 Å². The maximum absolute atomic E-state index is 6.90. The zero-order valence-corrected chi connectivity index (χ0v) is 7.19. The summed E-state index contributed by atoms with van der Waals surface area (Å²) in [6.07, 6.45) is 0.